The van der Waals surface area contributed by atoms with Crippen LogP contribution in [0, 0.1) is 0 Å². The van der Waals surface area contributed by atoms with E-state index in [0.717, 1.165) is 5.56 Å². The van der Waals surface area contributed by atoms with Gasteiger partial charge in [0.05, 0.1) is 11.8 Å². The Balaban J connectivity index is 1.97. The van der Waals surface area contributed by atoms with E-state index in [4.69, 9.17) is 16.1 Å². The molecule has 2 aromatic rings. The van der Waals surface area contributed by atoms with Crippen LogP contribution < -0.4 is 5.32 Å². The molecule has 0 saturated carbocycles. The van der Waals surface area contributed by atoms with Crippen LogP contribution in [0.4, 0.5) is 0 Å². The Kier molecular flexibility index (Phi) is 5.55. The molecule has 2 rings (SSSR count). The minimum Gasteiger partial charge on any atom is -0.337 e. The maximum Gasteiger partial charge on any atom is 0.243 e. The quantitative estimate of drug-likeness (QED) is 0.831. The molecule has 1 atom stereocenters. The number of hydrogen-bond acceptors (Lipinski definition) is 6. The molecule has 1 aromatic heterocycles. The molecule has 6 nitrogen and oxygen atoms in total. The number of benzene rings is 1. The molecule has 22 heavy (non-hydrogen) atoms. The molecule has 0 radical (unpaired) electrons. The number of aromatic nitrogens is 2. The second-order valence-corrected chi connectivity index (χ2v) is 7.78. The first-order valence-corrected chi connectivity index (χ1v) is 9.14. The van der Waals surface area contributed by atoms with Crippen molar-refractivity contribution in [2.24, 2.45) is 0 Å². The van der Waals surface area contributed by atoms with Crippen molar-refractivity contribution in [2.75, 3.05) is 18.1 Å². The van der Waals surface area contributed by atoms with E-state index in [0.29, 0.717) is 23.3 Å². The minimum atomic E-state index is -2.98. The van der Waals surface area contributed by atoms with Crippen LogP contribution in [0.2, 0.25) is 5.02 Å². The van der Waals surface area contributed by atoms with E-state index in [1.165, 1.54) is 0 Å². The molecule has 0 aliphatic rings. The highest BCUT2D eigenvalue weighted by Gasteiger charge is 2.16. The van der Waals surface area contributed by atoms with Crippen LogP contribution in [-0.4, -0.2) is 36.6 Å². The summed E-state index contributed by atoms with van der Waals surface area (Å²) in [7, 11) is -2.98. The molecule has 120 valence electrons. The highest BCUT2D eigenvalue weighted by Crippen LogP contribution is 2.20. The van der Waals surface area contributed by atoms with E-state index in [9.17, 15) is 8.42 Å². The molecule has 1 heterocycles. The lowest BCUT2D eigenvalue weighted by molar-refractivity contribution is 0.342. The average Bonchev–Trinajstić information content (AvgIpc) is 2.97. The van der Waals surface area contributed by atoms with Gasteiger partial charge in [0.2, 0.25) is 11.7 Å². The highest BCUT2D eigenvalue weighted by atomic mass is 35.5. The van der Waals surface area contributed by atoms with Gasteiger partial charge in [-0.15, -0.1) is 0 Å². The van der Waals surface area contributed by atoms with Gasteiger partial charge in [-0.25, -0.2) is 8.42 Å². The third-order valence-electron chi connectivity index (χ3n) is 3.22. The maximum atomic E-state index is 11.4. The van der Waals surface area contributed by atoms with E-state index in [2.05, 4.69) is 15.5 Å². The first-order valence-electron chi connectivity index (χ1n) is 6.94. The van der Waals surface area contributed by atoms with Crippen molar-refractivity contribution in [1.82, 2.24) is 15.5 Å². The summed E-state index contributed by atoms with van der Waals surface area (Å²) >= 11 is 5.84. The fraction of sp³-hybridized carbons (Fsp3) is 0.429. The van der Waals surface area contributed by atoms with Crippen molar-refractivity contribution in [1.29, 1.82) is 0 Å². The summed E-state index contributed by atoms with van der Waals surface area (Å²) in [6.45, 7) is 3.82. The van der Waals surface area contributed by atoms with Crippen molar-refractivity contribution >= 4 is 21.4 Å². The van der Waals surface area contributed by atoms with Crippen LogP contribution >= 0.6 is 11.6 Å². The lowest BCUT2D eigenvalue weighted by Gasteiger charge is -2.08. The van der Waals surface area contributed by atoms with Crippen molar-refractivity contribution in [2.45, 2.75) is 19.9 Å². The Hall–Kier alpha value is -1.44. The molecule has 0 aliphatic heterocycles. The zero-order chi connectivity index (χ0) is 16.2. The fourth-order valence-corrected chi connectivity index (χ4v) is 2.63. The second-order valence-electron chi connectivity index (χ2n) is 4.88. The molecule has 0 spiro atoms. The van der Waals surface area contributed by atoms with Gasteiger partial charge in [0.15, 0.2) is 9.84 Å². The molecule has 0 bridgehead atoms. The number of nitrogens with zero attached hydrogens (tertiary/aromatic N) is 2. The third kappa shape index (κ3) is 4.53. The molecule has 1 N–H and O–H groups in total. The van der Waals surface area contributed by atoms with E-state index >= 15 is 0 Å². The van der Waals surface area contributed by atoms with E-state index < -0.39 is 9.84 Å². The predicted octanol–water partition coefficient (Wildman–Crippen LogP) is 2.48. The fourth-order valence-electron chi connectivity index (χ4n) is 1.79. The molecule has 0 saturated heterocycles. The van der Waals surface area contributed by atoms with Gasteiger partial charge in [0.1, 0.15) is 0 Å². The van der Waals surface area contributed by atoms with Gasteiger partial charge in [-0.1, -0.05) is 23.7 Å². The largest absolute Gasteiger partial charge is 0.337 e. The van der Waals surface area contributed by atoms with Crippen LogP contribution in [0.3, 0.4) is 0 Å². The number of rotatable bonds is 7. The van der Waals surface area contributed by atoms with Crippen LogP contribution in [0.25, 0.3) is 11.4 Å². The monoisotopic (exact) mass is 343 g/mol. The Morgan fingerprint density at radius 1 is 1.32 bits per heavy atom. The topological polar surface area (TPSA) is 85.1 Å². The van der Waals surface area contributed by atoms with Crippen molar-refractivity contribution in [3.05, 3.63) is 35.2 Å². The van der Waals surface area contributed by atoms with Crippen LogP contribution in [-0.2, 0) is 9.84 Å². The van der Waals surface area contributed by atoms with Crippen LogP contribution in [0.5, 0.6) is 0 Å². The standard InChI is InChI=1S/C14H18ClN3O3S/c1-3-22(19,20)9-8-16-10(2)14-17-13(18-21-14)11-4-6-12(15)7-5-11/h4-7,10,16H,3,8-9H2,1-2H3. The Morgan fingerprint density at radius 3 is 2.64 bits per heavy atom. The Morgan fingerprint density at radius 2 is 2.00 bits per heavy atom. The van der Waals surface area contributed by atoms with Gasteiger partial charge < -0.3 is 9.84 Å². The first kappa shape index (κ1) is 16.9. The Labute approximate surface area is 134 Å². The minimum absolute atomic E-state index is 0.0893. The lowest BCUT2D eigenvalue weighted by atomic mass is 10.2. The smallest absolute Gasteiger partial charge is 0.243 e. The lowest BCUT2D eigenvalue weighted by Crippen LogP contribution is -2.26. The zero-order valence-corrected chi connectivity index (χ0v) is 14.0. The SMILES string of the molecule is CCS(=O)(=O)CCNC(C)c1nc(-c2ccc(Cl)cc2)no1. The third-order valence-corrected chi connectivity index (χ3v) is 5.18. The van der Waals surface area contributed by atoms with Gasteiger partial charge in [0, 0.05) is 22.9 Å². The second kappa shape index (κ2) is 7.21. The highest BCUT2D eigenvalue weighted by molar-refractivity contribution is 7.91. The van der Waals surface area contributed by atoms with Crippen LogP contribution in [0.1, 0.15) is 25.8 Å². The molecule has 0 amide bonds. The van der Waals surface area contributed by atoms with Crippen molar-refractivity contribution in [3.8, 4) is 11.4 Å². The summed E-state index contributed by atoms with van der Waals surface area (Å²) in [5.74, 6) is 1.12. The summed E-state index contributed by atoms with van der Waals surface area (Å²) < 4.78 is 28.1. The summed E-state index contributed by atoms with van der Waals surface area (Å²) in [6.07, 6.45) is 0. The zero-order valence-electron chi connectivity index (χ0n) is 12.4. The van der Waals surface area contributed by atoms with Crippen molar-refractivity contribution < 1.29 is 12.9 Å². The summed E-state index contributed by atoms with van der Waals surface area (Å²) in [5, 5.41) is 7.63. The molecular formula is C14H18ClN3O3S. The summed E-state index contributed by atoms with van der Waals surface area (Å²) in [4.78, 5) is 4.31. The Bertz CT molecular complexity index is 713. The normalized spacial score (nSPS) is 13.2. The van der Waals surface area contributed by atoms with E-state index in [1.807, 2.05) is 19.1 Å². The van der Waals surface area contributed by atoms with Gasteiger partial charge in [-0.2, -0.15) is 4.98 Å². The predicted molar refractivity (Wildman–Crippen MR) is 85.5 cm³/mol. The van der Waals surface area contributed by atoms with Crippen LogP contribution in [0.15, 0.2) is 28.8 Å². The number of nitrogens with one attached hydrogen (secondary N) is 1. The molecule has 8 heteroatoms. The van der Waals surface area contributed by atoms with Gasteiger partial charge in [0.25, 0.3) is 0 Å². The van der Waals surface area contributed by atoms with Gasteiger partial charge in [-0.3, -0.25) is 0 Å². The molecule has 0 fully saturated rings. The van der Waals surface area contributed by atoms with E-state index in [-0.39, 0.29) is 17.5 Å². The van der Waals surface area contributed by atoms with Crippen molar-refractivity contribution in [3.63, 3.8) is 0 Å². The van der Waals surface area contributed by atoms with Gasteiger partial charge in [-0.05, 0) is 31.2 Å². The molecular weight excluding hydrogens is 326 g/mol. The summed E-state index contributed by atoms with van der Waals surface area (Å²) in [5.41, 5.74) is 0.806. The van der Waals surface area contributed by atoms with Gasteiger partial charge >= 0.3 is 0 Å². The number of halogens is 1. The number of sulfone groups is 1. The summed E-state index contributed by atoms with van der Waals surface area (Å²) in [6, 6.07) is 6.90. The van der Waals surface area contributed by atoms with E-state index in [1.54, 1.807) is 19.1 Å². The molecule has 1 unspecified atom stereocenters. The maximum absolute atomic E-state index is 11.4. The average molecular weight is 344 g/mol. The molecule has 1 aromatic carbocycles. The first-order chi connectivity index (χ1) is 10.4. The number of hydrogen-bond donors (Lipinski definition) is 1. The molecule has 0 aliphatic carbocycles.